The maximum absolute atomic E-state index is 13.0. The number of alkyl halides is 3. The lowest BCUT2D eigenvalue weighted by Gasteiger charge is -2.34. The number of ether oxygens (including phenoxy) is 2. The largest absolute Gasteiger partial charge is 0.493 e. The zero-order valence-corrected chi connectivity index (χ0v) is 13.9. The summed E-state index contributed by atoms with van der Waals surface area (Å²) in [7, 11) is 3.02. The fourth-order valence-electron chi connectivity index (χ4n) is 2.66. The summed E-state index contributed by atoms with van der Waals surface area (Å²) in [4.78, 5) is 10.1. The Kier molecular flexibility index (Phi) is 4.62. The van der Waals surface area contributed by atoms with Crippen molar-refractivity contribution in [2.75, 3.05) is 38.0 Å². The minimum absolute atomic E-state index is 0.130. The second-order valence-electron chi connectivity index (χ2n) is 5.27. The first kappa shape index (κ1) is 16.9. The number of hydrogen-bond donors (Lipinski definition) is 0. The summed E-state index contributed by atoms with van der Waals surface area (Å²) in [5.74, 6) is 1.87. The molecule has 1 fully saturated rings. The van der Waals surface area contributed by atoms with Gasteiger partial charge in [-0.2, -0.15) is 13.2 Å². The van der Waals surface area contributed by atoms with Crippen molar-refractivity contribution in [1.82, 2.24) is 9.97 Å². The zero-order valence-electron chi connectivity index (χ0n) is 13.1. The Labute approximate surface area is 141 Å². The normalized spacial score (nSPS) is 18.7. The summed E-state index contributed by atoms with van der Waals surface area (Å²) >= 11 is 0.933. The minimum Gasteiger partial charge on any atom is -0.493 e. The Bertz CT molecular complexity index is 742. The first-order valence-corrected chi connectivity index (χ1v) is 8.29. The van der Waals surface area contributed by atoms with Crippen molar-refractivity contribution in [1.29, 1.82) is 0 Å². The number of anilines is 1. The molecule has 0 spiro atoms. The highest BCUT2D eigenvalue weighted by Crippen LogP contribution is 2.38. The number of aromatic nitrogens is 2. The van der Waals surface area contributed by atoms with Gasteiger partial charge in [-0.05, 0) is 6.07 Å². The van der Waals surface area contributed by atoms with E-state index in [9.17, 15) is 13.2 Å². The van der Waals surface area contributed by atoms with Crippen LogP contribution in [0.3, 0.4) is 0 Å². The number of halogens is 3. The van der Waals surface area contributed by atoms with Crippen LogP contribution in [0.4, 0.5) is 19.0 Å². The molecule has 0 bridgehead atoms. The highest BCUT2D eigenvalue weighted by Gasteiger charge is 2.43. The van der Waals surface area contributed by atoms with E-state index in [0.717, 1.165) is 11.8 Å². The van der Waals surface area contributed by atoms with Gasteiger partial charge in [0, 0.05) is 30.3 Å². The molecule has 1 aromatic carbocycles. The number of rotatable bonds is 3. The van der Waals surface area contributed by atoms with Crippen molar-refractivity contribution in [3.8, 4) is 11.5 Å². The third kappa shape index (κ3) is 3.17. The van der Waals surface area contributed by atoms with Crippen molar-refractivity contribution in [2.45, 2.75) is 11.4 Å². The maximum Gasteiger partial charge on any atom is 0.402 e. The molecule has 0 N–H and O–H groups in total. The Morgan fingerprint density at radius 1 is 1.17 bits per heavy atom. The predicted octanol–water partition coefficient (Wildman–Crippen LogP) is 3.13. The van der Waals surface area contributed by atoms with E-state index in [2.05, 4.69) is 9.97 Å². The smallest absolute Gasteiger partial charge is 0.402 e. The summed E-state index contributed by atoms with van der Waals surface area (Å²) in [6.45, 7) is 0.367. The summed E-state index contributed by atoms with van der Waals surface area (Å²) in [6.07, 6.45) is -2.87. The van der Waals surface area contributed by atoms with Crippen LogP contribution in [-0.2, 0) is 0 Å². The molecule has 2 heterocycles. The molecule has 1 saturated heterocycles. The van der Waals surface area contributed by atoms with Crippen LogP contribution < -0.4 is 14.4 Å². The number of thioether (sulfide) groups is 1. The Morgan fingerprint density at radius 3 is 2.54 bits per heavy atom. The molecular formula is C15H16F3N3O2S. The van der Waals surface area contributed by atoms with Crippen LogP contribution in [0, 0.1) is 0 Å². The van der Waals surface area contributed by atoms with Crippen LogP contribution in [0.25, 0.3) is 10.9 Å². The Balaban J connectivity index is 2.03. The fraction of sp³-hybridized carbons (Fsp3) is 0.467. The average molecular weight is 359 g/mol. The van der Waals surface area contributed by atoms with Gasteiger partial charge in [-0.3, -0.25) is 0 Å². The third-order valence-electron chi connectivity index (χ3n) is 3.85. The quantitative estimate of drug-likeness (QED) is 0.839. The van der Waals surface area contributed by atoms with E-state index in [1.807, 2.05) is 0 Å². The van der Waals surface area contributed by atoms with Crippen molar-refractivity contribution < 1.29 is 22.6 Å². The van der Waals surface area contributed by atoms with Crippen LogP contribution >= 0.6 is 11.8 Å². The molecule has 1 aromatic heterocycles. The SMILES string of the molecule is COc1cc2ncnc(N3CCSC(C(F)(F)F)C3)c2cc1OC. The summed E-state index contributed by atoms with van der Waals surface area (Å²) < 4.78 is 49.7. The lowest BCUT2D eigenvalue weighted by molar-refractivity contribution is -0.127. The van der Waals surface area contributed by atoms with Crippen molar-refractivity contribution in [3.63, 3.8) is 0 Å². The van der Waals surface area contributed by atoms with Crippen molar-refractivity contribution in [3.05, 3.63) is 18.5 Å². The number of benzene rings is 1. The lowest BCUT2D eigenvalue weighted by atomic mass is 10.2. The highest BCUT2D eigenvalue weighted by molar-refractivity contribution is 8.00. The molecule has 0 radical (unpaired) electrons. The first-order valence-electron chi connectivity index (χ1n) is 7.24. The van der Waals surface area contributed by atoms with Crippen molar-refractivity contribution in [2.24, 2.45) is 0 Å². The van der Waals surface area contributed by atoms with E-state index in [1.165, 1.54) is 20.5 Å². The lowest BCUT2D eigenvalue weighted by Crippen LogP contribution is -2.45. The third-order valence-corrected chi connectivity index (χ3v) is 5.09. The van der Waals surface area contributed by atoms with E-state index in [-0.39, 0.29) is 6.54 Å². The zero-order chi connectivity index (χ0) is 17.3. The van der Waals surface area contributed by atoms with Gasteiger partial charge in [0.25, 0.3) is 0 Å². The van der Waals surface area contributed by atoms with E-state index >= 15 is 0 Å². The molecule has 130 valence electrons. The second kappa shape index (κ2) is 6.54. The Morgan fingerprint density at radius 2 is 1.88 bits per heavy atom. The number of methoxy groups -OCH3 is 2. The molecule has 3 rings (SSSR count). The monoisotopic (exact) mass is 359 g/mol. The van der Waals surface area contributed by atoms with Crippen molar-refractivity contribution >= 4 is 28.5 Å². The highest BCUT2D eigenvalue weighted by atomic mass is 32.2. The molecule has 24 heavy (non-hydrogen) atoms. The van der Waals surface area contributed by atoms with Gasteiger partial charge in [0.15, 0.2) is 11.5 Å². The van der Waals surface area contributed by atoms with E-state index in [0.29, 0.717) is 40.5 Å². The molecule has 0 aliphatic carbocycles. The molecule has 2 aromatic rings. The van der Waals surface area contributed by atoms with Gasteiger partial charge in [0.05, 0.1) is 19.7 Å². The Hall–Kier alpha value is -1.90. The van der Waals surface area contributed by atoms with Crippen LogP contribution in [0.1, 0.15) is 0 Å². The summed E-state index contributed by atoms with van der Waals surface area (Å²) in [6, 6.07) is 3.40. The predicted molar refractivity (Wildman–Crippen MR) is 87.2 cm³/mol. The van der Waals surface area contributed by atoms with Gasteiger partial charge in [-0.1, -0.05) is 0 Å². The van der Waals surface area contributed by atoms with E-state index < -0.39 is 11.4 Å². The molecular weight excluding hydrogens is 343 g/mol. The number of nitrogens with zero attached hydrogens (tertiary/aromatic N) is 3. The fourth-order valence-corrected chi connectivity index (χ4v) is 3.75. The maximum atomic E-state index is 13.0. The minimum atomic E-state index is -4.23. The standard InChI is InChI=1S/C15H16F3N3O2S/c1-22-11-5-9-10(6-12(11)23-2)19-8-20-14(9)21-3-4-24-13(7-21)15(16,17)18/h5-6,8,13H,3-4,7H2,1-2H3. The molecule has 9 heteroatoms. The first-order chi connectivity index (χ1) is 11.4. The molecule has 0 amide bonds. The van der Waals surface area contributed by atoms with Crippen LogP contribution in [0.2, 0.25) is 0 Å². The van der Waals surface area contributed by atoms with Gasteiger partial charge in [0.1, 0.15) is 17.4 Å². The molecule has 0 saturated carbocycles. The topological polar surface area (TPSA) is 47.5 Å². The van der Waals surface area contributed by atoms with E-state index in [1.54, 1.807) is 17.0 Å². The van der Waals surface area contributed by atoms with Crippen LogP contribution in [-0.4, -0.2) is 54.5 Å². The average Bonchev–Trinajstić information content (AvgIpc) is 2.59. The van der Waals surface area contributed by atoms with Crippen LogP contribution in [0.5, 0.6) is 11.5 Å². The molecule has 1 unspecified atom stereocenters. The van der Waals surface area contributed by atoms with Gasteiger partial charge in [-0.15, -0.1) is 11.8 Å². The molecule has 1 atom stereocenters. The summed E-state index contributed by atoms with van der Waals surface area (Å²) in [5.41, 5.74) is 0.597. The van der Waals surface area contributed by atoms with Gasteiger partial charge < -0.3 is 14.4 Å². The molecule has 5 nitrogen and oxygen atoms in total. The number of hydrogen-bond acceptors (Lipinski definition) is 6. The molecule has 1 aliphatic heterocycles. The second-order valence-corrected chi connectivity index (χ2v) is 6.58. The van der Waals surface area contributed by atoms with Crippen LogP contribution in [0.15, 0.2) is 18.5 Å². The number of fused-ring (bicyclic) bond motifs is 1. The van der Waals surface area contributed by atoms with E-state index in [4.69, 9.17) is 9.47 Å². The van der Waals surface area contributed by atoms with Gasteiger partial charge >= 0.3 is 6.18 Å². The van der Waals surface area contributed by atoms with Gasteiger partial charge in [0.2, 0.25) is 0 Å². The van der Waals surface area contributed by atoms with Gasteiger partial charge in [-0.25, -0.2) is 9.97 Å². The summed E-state index contributed by atoms with van der Waals surface area (Å²) in [5, 5.41) is -0.778. The molecule has 1 aliphatic rings.